The zero-order chi connectivity index (χ0) is 18.4. The number of amides is 1. The van der Waals surface area contributed by atoms with Crippen molar-refractivity contribution in [2.75, 3.05) is 11.4 Å². The third-order valence-electron chi connectivity index (χ3n) is 5.27. The van der Waals surface area contributed by atoms with Crippen molar-refractivity contribution in [1.29, 1.82) is 0 Å². The quantitative estimate of drug-likeness (QED) is 0.686. The summed E-state index contributed by atoms with van der Waals surface area (Å²) >= 11 is 0. The van der Waals surface area contributed by atoms with E-state index in [0.29, 0.717) is 11.5 Å². The van der Waals surface area contributed by atoms with E-state index in [2.05, 4.69) is 31.9 Å². The van der Waals surface area contributed by atoms with Gasteiger partial charge in [0.1, 0.15) is 0 Å². The van der Waals surface area contributed by atoms with Crippen molar-refractivity contribution in [3.8, 4) is 0 Å². The van der Waals surface area contributed by atoms with Crippen molar-refractivity contribution in [3.05, 3.63) is 53.3 Å². The number of anilines is 1. The maximum Gasteiger partial charge on any atom is 0.260 e. The number of nitrogens with zero attached hydrogens (tertiary/aromatic N) is 4. The second kappa shape index (κ2) is 6.24. The number of benzene rings is 1. The van der Waals surface area contributed by atoms with Gasteiger partial charge in [-0.3, -0.25) is 4.79 Å². The van der Waals surface area contributed by atoms with E-state index in [-0.39, 0.29) is 11.9 Å². The molecule has 134 valence electrons. The number of carbonyl (C=O) groups is 1. The minimum Gasteiger partial charge on any atom is -0.308 e. The summed E-state index contributed by atoms with van der Waals surface area (Å²) in [6.45, 7) is 9.02. The van der Waals surface area contributed by atoms with Gasteiger partial charge >= 0.3 is 0 Å². The third-order valence-corrected chi connectivity index (χ3v) is 5.27. The summed E-state index contributed by atoms with van der Waals surface area (Å²) in [6.07, 6.45) is 2.77. The number of rotatable bonds is 2. The number of fused-ring (bicyclic) bond motifs is 2. The first-order valence-corrected chi connectivity index (χ1v) is 9.23. The Bertz CT molecular complexity index is 989. The van der Waals surface area contributed by atoms with Gasteiger partial charge in [0.2, 0.25) is 0 Å². The van der Waals surface area contributed by atoms with E-state index in [0.717, 1.165) is 35.4 Å². The molecule has 0 aliphatic carbocycles. The van der Waals surface area contributed by atoms with Gasteiger partial charge in [-0.2, -0.15) is 5.10 Å². The van der Waals surface area contributed by atoms with Gasteiger partial charge in [0, 0.05) is 23.7 Å². The van der Waals surface area contributed by atoms with E-state index in [1.165, 1.54) is 5.56 Å². The van der Waals surface area contributed by atoms with Crippen LogP contribution in [0.3, 0.4) is 0 Å². The topological polar surface area (TPSA) is 51.0 Å². The van der Waals surface area contributed by atoms with Crippen LogP contribution in [0.5, 0.6) is 0 Å². The molecule has 0 saturated heterocycles. The zero-order valence-electron chi connectivity index (χ0n) is 15.7. The lowest BCUT2D eigenvalue weighted by Crippen LogP contribution is -2.36. The lowest BCUT2D eigenvalue weighted by Gasteiger charge is -2.33. The number of carbonyl (C=O) groups excluding carboxylic acids is 1. The van der Waals surface area contributed by atoms with Crippen molar-refractivity contribution >= 4 is 22.6 Å². The van der Waals surface area contributed by atoms with Gasteiger partial charge in [-0.25, -0.2) is 9.67 Å². The Hall–Kier alpha value is -2.69. The van der Waals surface area contributed by atoms with Crippen LogP contribution in [0.25, 0.3) is 11.0 Å². The second-order valence-corrected chi connectivity index (χ2v) is 7.42. The van der Waals surface area contributed by atoms with Gasteiger partial charge in [-0.15, -0.1) is 0 Å². The van der Waals surface area contributed by atoms with Gasteiger partial charge in [0.25, 0.3) is 5.91 Å². The number of para-hydroxylation sites is 1. The molecular weight excluding hydrogens is 324 g/mol. The largest absolute Gasteiger partial charge is 0.308 e. The monoisotopic (exact) mass is 348 g/mol. The van der Waals surface area contributed by atoms with Crippen molar-refractivity contribution in [3.63, 3.8) is 0 Å². The summed E-state index contributed by atoms with van der Waals surface area (Å²) in [6, 6.07) is 10.4. The molecule has 0 fully saturated rings. The molecule has 26 heavy (non-hydrogen) atoms. The highest BCUT2D eigenvalue weighted by Gasteiger charge is 2.28. The molecule has 0 bridgehead atoms. The minimum atomic E-state index is 0.0218. The first kappa shape index (κ1) is 16.8. The Balaban J connectivity index is 1.78. The van der Waals surface area contributed by atoms with Crippen LogP contribution in [0.1, 0.15) is 60.8 Å². The number of hydrogen-bond donors (Lipinski definition) is 0. The maximum atomic E-state index is 13.3. The molecule has 0 radical (unpaired) electrons. The van der Waals surface area contributed by atoms with E-state index in [9.17, 15) is 4.79 Å². The van der Waals surface area contributed by atoms with Crippen LogP contribution in [0.15, 0.2) is 36.5 Å². The van der Waals surface area contributed by atoms with Crippen LogP contribution in [-0.2, 0) is 0 Å². The van der Waals surface area contributed by atoms with Crippen molar-refractivity contribution in [1.82, 2.24) is 14.8 Å². The molecule has 3 aromatic rings. The fourth-order valence-corrected chi connectivity index (χ4v) is 3.77. The van der Waals surface area contributed by atoms with E-state index in [1.807, 2.05) is 40.8 Å². The molecule has 5 heteroatoms. The standard InChI is InChI=1S/C21H24N4O/c1-13(2)25-20-16(12-22-25)11-18(15(4)23-20)21(26)24-10-9-14(3)17-7-5-6-8-19(17)24/h5-8,11-14H,9-10H2,1-4H3. The maximum absolute atomic E-state index is 13.3. The number of aryl methyl sites for hydroxylation is 1. The van der Waals surface area contributed by atoms with Crippen LogP contribution >= 0.6 is 0 Å². The van der Waals surface area contributed by atoms with Crippen LogP contribution in [0.2, 0.25) is 0 Å². The lowest BCUT2D eigenvalue weighted by molar-refractivity contribution is 0.0983. The summed E-state index contributed by atoms with van der Waals surface area (Å²) < 4.78 is 1.90. The fourth-order valence-electron chi connectivity index (χ4n) is 3.77. The van der Waals surface area contributed by atoms with E-state index < -0.39 is 0 Å². The SMILES string of the molecule is Cc1nc2c(cnn2C(C)C)cc1C(=O)N1CCC(C)c2ccccc21. The number of pyridine rings is 1. The first-order valence-electron chi connectivity index (χ1n) is 9.23. The molecule has 1 atom stereocenters. The molecular formula is C21H24N4O. The molecule has 1 aliphatic rings. The Labute approximate surface area is 153 Å². The van der Waals surface area contributed by atoms with E-state index in [4.69, 9.17) is 4.98 Å². The zero-order valence-corrected chi connectivity index (χ0v) is 15.7. The Morgan fingerprint density at radius 2 is 2.04 bits per heavy atom. The Kier molecular flexibility index (Phi) is 4.02. The molecule has 1 unspecified atom stereocenters. The highest BCUT2D eigenvalue weighted by Crippen LogP contribution is 2.35. The van der Waals surface area contributed by atoms with Crippen molar-refractivity contribution in [2.45, 2.75) is 46.1 Å². The average molecular weight is 348 g/mol. The highest BCUT2D eigenvalue weighted by atomic mass is 16.2. The van der Waals surface area contributed by atoms with Gasteiger partial charge in [-0.05, 0) is 50.8 Å². The fraction of sp³-hybridized carbons (Fsp3) is 0.381. The van der Waals surface area contributed by atoms with Crippen LogP contribution < -0.4 is 4.90 Å². The summed E-state index contributed by atoms with van der Waals surface area (Å²) in [5.74, 6) is 0.495. The molecule has 4 rings (SSSR count). The van der Waals surface area contributed by atoms with Crippen molar-refractivity contribution < 1.29 is 4.79 Å². The van der Waals surface area contributed by atoms with Gasteiger partial charge in [0.05, 0.1) is 17.5 Å². The van der Waals surface area contributed by atoms with Gasteiger partial charge < -0.3 is 4.90 Å². The molecule has 0 saturated carbocycles. The van der Waals surface area contributed by atoms with Crippen LogP contribution in [-0.4, -0.2) is 27.2 Å². The number of hydrogen-bond acceptors (Lipinski definition) is 3. The molecule has 3 heterocycles. The average Bonchev–Trinajstić information content (AvgIpc) is 3.04. The van der Waals surface area contributed by atoms with Crippen LogP contribution in [0, 0.1) is 6.92 Å². The van der Waals surface area contributed by atoms with Gasteiger partial charge in [-0.1, -0.05) is 25.1 Å². The minimum absolute atomic E-state index is 0.0218. The molecule has 1 aliphatic heterocycles. The Morgan fingerprint density at radius 3 is 2.81 bits per heavy atom. The smallest absolute Gasteiger partial charge is 0.260 e. The molecule has 2 aromatic heterocycles. The summed E-state index contributed by atoms with van der Waals surface area (Å²) in [5, 5.41) is 5.33. The number of aromatic nitrogens is 3. The second-order valence-electron chi connectivity index (χ2n) is 7.42. The first-order chi connectivity index (χ1) is 12.5. The van der Waals surface area contributed by atoms with E-state index >= 15 is 0 Å². The summed E-state index contributed by atoms with van der Waals surface area (Å²) in [4.78, 5) is 19.9. The third kappa shape index (κ3) is 2.59. The normalized spacial score (nSPS) is 17.0. The summed E-state index contributed by atoms with van der Waals surface area (Å²) in [5.41, 5.74) is 4.51. The Morgan fingerprint density at radius 1 is 1.27 bits per heavy atom. The van der Waals surface area contributed by atoms with Crippen molar-refractivity contribution in [2.24, 2.45) is 0 Å². The molecule has 0 spiro atoms. The molecule has 0 N–H and O–H groups in total. The summed E-state index contributed by atoms with van der Waals surface area (Å²) in [7, 11) is 0. The van der Waals surface area contributed by atoms with E-state index in [1.54, 1.807) is 6.20 Å². The predicted molar refractivity (Wildman–Crippen MR) is 104 cm³/mol. The lowest BCUT2D eigenvalue weighted by atomic mass is 9.91. The predicted octanol–water partition coefficient (Wildman–Crippen LogP) is 4.47. The van der Waals surface area contributed by atoms with Crippen LogP contribution in [0.4, 0.5) is 5.69 Å². The molecule has 1 aromatic carbocycles. The van der Waals surface area contributed by atoms with Gasteiger partial charge in [0.15, 0.2) is 5.65 Å². The molecule has 5 nitrogen and oxygen atoms in total. The highest BCUT2D eigenvalue weighted by molar-refractivity contribution is 6.08. The molecule has 1 amide bonds.